The van der Waals surface area contributed by atoms with E-state index in [9.17, 15) is 4.79 Å². The summed E-state index contributed by atoms with van der Waals surface area (Å²) in [7, 11) is 0. The molecule has 1 saturated heterocycles. The molecule has 1 heterocycles. The lowest BCUT2D eigenvalue weighted by atomic mass is 9.87. The van der Waals surface area contributed by atoms with E-state index in [0.29, 0.717) is 5.92 Å². The smallest absolute Gasteiger partial charge is 0.248 e. The molecule has 1 fully saturated rings. The molecule has 1 rings (SSSR count). The first-order chi connectivity index (χ1) is 7.15. The molecule has 1 amide bonds. The fraction of sp³-hybridized carbons (Fsp3) is 0.917. The predicted octanol–water partition coefficient (Wildman–Crippen LogP) is 1.90. The zero-order chi connectivity index (χ0) is 11.8. The Labute approximate surface area is 93.5 Å². The average Bonchev–Trinajstić information content (AvgIpc) is 2.31. The van der Waals surface area contributed by atoms with Crippen LogP contribution in [0.3, 0.4) is 0 Å². The monoisotopic (exact) mass is 215 g/mol. The SMILES string of the molecule is CC.CC(C)C1CCN(C(=O)CO)CC1. The van der Waals surface area contributed by atoms with Crippen LogP contribution in [0.2, 0.25) is 0 Å². The molecule has 3 nitrogen and oxygen atoms in total. The highest BCUT2D eigenvalue weighted by Crippen LogP contribution is 2.24. The second-order valence-corrected chi connectivity index (χ2v) is 4.12. The van der Waals surface area contributed by atoms with E-state index in [1.807, 2.05) is 13.8 Å². The van der Waals surface area contributed by atoms with E-state index in [1.54, 1.807) is 4.90 Å². The van der Waals surface area contributed by atoms with Crippen LogP contribution in [0.25, 0.3) is 0 Å². The van der Waals surface area contributed by atoms with Gasteiger partial charge in [-0.05, 0) is 24.7 Å². The van der Waals surface area contributed by atoms with Crippen molar-refractivity contribution in [3.8, 4) is 0 Å². The quantitative estimate of drug-likeness (QED) is 0.764. The number of rotatable bonds is 2. The number of nitrogens with zero attached hydrogens (tertiary/aromatic N) is 1. The van der Waals surface area contributed by atoms with Gasteiger partial charge in [-0.1, -0.05) is 27.7 Å². The van der Waals surface area contributed by atoms with Gasteiger partial charge in [0.1, 0.15) is 6.61 Å². The fourth-order valence-corrected chi connectivity index (χ4v) is 1.92. The van der Waals surface area contributed by atoms with E-state index in [1.165, 1.54) is 0 Å². The summed E-state index contributed by atoms with van der Waals surface area (Å²) >= 11 is 0. The number of amides is 1. The third kappa shape index (κ3) is 4.65. The molecule has 90 valence electrons. The number of carbonyl (C=O) groups is 1. The van der Waals surface area contributed by atoms with Gasteiger partial charge in [0, 0.05) is 13.1 Å². The lowest BCUT2D eigenvalue weighted by Gasteiger charge is -2.33. The van der Waals surface area contributed by atoms with Crippen LogP contribution >= 0.6 is 0 Å². The molecule has 0 aromatic rings. The van der Waals surface area contributed by atoms with Crippen molar-refractivity contribution < 1.29 is 9.90 Å². The van der Waals surface area contributed by atoms with E-state index in [4.69, 9.17) is 5.11 Å². The van der Waals surface area contributed by atoms with Crippen molar-refractivity contribution in [1.82, 2.24) is 4.90 Å². The highest BCUT2D eigenvalue weighted by atomic mass is 16.3. The van der Waals surface area contributed by atoms with Crippen LogP contribution in [0.5, 0.6) is 0 Å². The molecule has 1 aliphatic heterocycles. The number of aliphatic hydroxyl groups excluding tert-OH is 1. The molecule has 0 unspecified atom stereocenters. The Morgan fingerprint density at radius 1 is 1.33 bits per heavy atom. The second kappa shape index (κ2) is 7.69. The van der Waals surface area contributed by atoms with Gasteiger partial charge in [0.2, 0.25) is 5.91 Å². The maximum atomic E-state index is 11.1. The molecule has 0 bridgehead atoms. The summed E-state index contributed by atoms with van der Waals surface area (Å²) in [4.78, 5) is 12.9. The van der Waals surface area contributed by atoms with Gasteiger partial charge in [-0.15, -0.1) is 0 Å². The normalized spacial score (nSPS) is 17.3. The largest absolute Gasteiger partial charge is 0.387 e. The van der Waals surface area contributed by atoms with Gasteiger partial charge in [0.25, 0.3) is 0 Å². The van der Waals surface area contributed by atoms with Gasteiger partial charge in [0.05, 0.1) is 0 Å². The molecule has 0 spiro atoms. The van der Waals surface area contributed by atoms with Crippen molar-refractivity contribution in [2.24, 2.45) is 11.8 Å². The summed E-state index contributed by atoms with van der Waals surface area (Å²) in [6, 6.07) is 0. The Balaban J connectivity index is 0.000000921. The molecule has 0 radical (unpaired) electrons. The van der Waals surface area contributed by atoms with Gasteiger partial charge < -0.3 is 10.0 Å². The minimum absolute atomic E-state index is 0.123. The van der Waals surface area contributed by atoms with Crippen molar-refractivity contribution in [2.45, 2.75) is 40.5 Å². The fourth-order valence-electron chi connectivity index (χ4n) is 1.92. The number of hydrogen-bond acceptors (Lipinski definition) is 2. The molecular formula is C12H25NO2. The third-order valence-corrected chi connectivity index (χ3v) is 2.97. The average molecular weight is 215 g/mol. The summed E-state index contributed by atoms with van der Waals surface area (Å²) < 4.78 is 0. The first-order valence-corrected chi connectivity index (χ1v) is 6.03. The summed E-state index contributed by atoms with van der Waals surface area (Å²) in [5.74, 6) is 1.34. The molecule has 15 heavy (non-hydrogen) atoms. The third-order valence-electron chi connectivity index (χ3n) is 2.97. The Bertz CT molecular complexity index is 172. The maximum absolute atomic E-state index is 11.1. The molecular weight excluding hydrogens is 190 g/mol. The van der Waals surface area contributed by atoms with E-state index < -0.39 is 0 Å². The molecule has 0 saturated carbocycles. The summed E-state index contributed by atoms with van der Waals surface area (Å²) in [6.45, 7) is 9.76. The van der Waals surface area contributed by atoms with Crippen LogP contribution in [-0.4, -0.2) is 35.6 Å². The van der Waals surface area contributed by atoms with Gasteiger partial charge in [-0.25, -0.2) is 0 Å². The zero-order valence-corrected chi connectivity index (χ0v) is 10.5. The van der Waals surface area contributed by atoms with Crippen LogP contribution in [0.4, 0.5) is 0 Å². The van der Waals surface area contributed by atoms with Crippen molar-refractivity contribution in [3.63, 3.8) is 0 Å². The minimum atomic E-state index is -0.341. The van der Waals surface area contributed by atoms with Crippen LogP contribution < -0.4 is 0 Å². The van der Waals surface area contributed by atoms with E-state index >= 15 is 0 Å². The predicted molar refractivity (Wildman–Crippen MR) is 62.6 cm³/mol. The van der Waals surface area contributed by atoms with Crippen LogP contribution in [-0.2, 0) is 4.79 Å². The summed E-state index contributed by atoms with van der Waals surface area (Å²) in [6.07, 6.45) is 2.17. The maximum Gasteiger partial charge on any atom is 0.248 e. The topological polar surface area (TPSA) is 40.5 Å². The lowest BCUT2D eigenvalue weighted by Crippen LogP contribution is -2.40. The number of carbonyl (C=O) groups excluding carboxylic acids is 1. The Hall–Kier alpha value is -0.570. The highest BCUT2D eigenvalue weighted by Gasteiger charge is 2.23. The second-order valence-electron chi connectivity index (χ2n) is 4.12. The number of aliphatic hydroxyl groups is 1. The Morgan fingerprint density at radius 3 is 2.13 bits per heavy atom. The summed E-state index contributed by atoms with van der Waals surface area (Å²) in [5.41, 5.74) is 0. The van der Waals surface area contributed by atoms with Crippen molar-refractivity contribution >= 4 is 5.91 Å². The molecule has 1 N–H and O–H groups in total. The first-order valence-electron chi connectivity index (χ1n) is 6.03. The molecule has 0 aromatic carbocycles. The van der Waals surface area contributed by atoms with Crippen molar-refractivity contribution in [1.29, 1.82) is 0 Å². The first kappa shape index (κ1) is 14.4. The molecule has 0 aromatic heterocycles. The lowest BCUT2D eigenvalue weighted by molar-refractivity contribution is -0.135. The van der Waals surface area contributed by atoms with E-state index in [0.717, 1.165) is 31.8 Å². The van der Waals surface area contributed by atoms with Crippen LogP contribution in [0.15, 0.2) is 0 Å². The van der Waals surface area contributed by atoms with Gasteiger partial charge in [-0.2, -0.15) is 0 Å². The van der Waals surface area contributed by atoms with Gasteiger partial charge >= 0.3 is 0 Å². The molecule has 0 aliphatic carbocycles. The van der Waals surface area contributed by atoms with Gasteiger partial charge in [-0.3, -0.25) is 4.79 Å². The summed E-state index contributed by atoms with van der Waals surface area (Å²) in [5, 5.41) is 8.67. The van der Waals surface area contributed by atoms with E-state index in [-0.39, 0.29) is 12.5 Å². The molecule has 1 aliphatic rings. The van der Waals surface area contributed by atoms with Crippen LogP contribution in [0.1, 0.15) is 40.5 Å². The molecule has 3 heteroatoms. The minimum Gasteiger partial charge on any atom is -0.387 e. The van der Waals surface area contributed by atoms with Crippen LogP contribution in [0, 0.1) is 11.8 Å². The zero-order valence-electron chi connectivity index (χ0n) is 10.5. The number of piperidine rings is 1. The Morgan fingerprint density at radius 2 is 1.80 bits per heavy atom. The Kier molecular flexibility index (Phi) is 7.39. The highest BCUT2D eigenvalue weighted by molar-refractivity contribution is 5.77. The number of hydrogen-bond donors (Lipinski definition) is 1. The van der Waals surface area contributed by atoms with Crippen molar-refractivity contribution in [3.05, 3.63) is 0 Å². The number of likely N-dealkylation sites (tertiary alicyclic amines) is 1. The van der Waals surface area contributed by atoms with E-state index in [2.05, 4.69) is 13.8 Å². The van der Waals surface area contributed by atoms with Gasteiger partial charge in [0.15, 0.2) is 0 Å². The standard InChI is InChI=1S/C10H19NO2.C2H6/c1-8(2)9-3-5-11(6-4-9)10(13)7-12;1-2/h8-9,12H,3-7H2,1-2H3;1-2H3. The van der Waals surface area contributed by atoms with Crippen molar-refractivity contribution in [2.75, 3.05) is 19.7 Å². The molecule has 0 atom stereocenters.